The number of anilines is 1. The molecular formula is C18H22FN5O2S. The predicted octanol–water partition coefficient (Wildman–Crippen LogP) is 2.37. The number of rotatable bonds is 5. The highest BCUT2D eigenvalue weighted by Crippen LogP contribution is 2.16. The number of amides is 2. The van der Waals surface area contributed by atoms with Gasteiger partial charge in [-0.15, -0.1) is 10.2 Å². The second kappa shape index (κ2) is 9.01. The van der Waals surface area contributed by atoms with E-state index in [9.17, 15) is 14.0 Å². The van der Waals surface area contributed by atoms with Crippen molar-refractivity contribution in [2.24, 2.45) is 0 Å². The highest BCUT2D eigenvalue weighted by molar-refractivity contribution is 7.13. The lowest BCUT2D eigenvalue weighted by molar-refractivity contribution is -0.130. The van der Waals surface area contributed by atoms with Gasteiger partial charge in [0.05, 0.1) is 6.54 Å². The van der Waals surface area contributed by atoms with E-state index in [1.807, 2.05) is 11.8 Å². The Kier molecular flexibility index (Phi) is 6.46. The largest absolute Gasteiger partial charge is 0.341 e. The van der Waals surface area contributed by atoms with Crippen molar-refractivity contribution >= 4 is 28.8 Å². The molecule has 1 N–H and O–H groups in total. The minimum Gasteiger partial charge on any atom is -0.341 e. The Balaban J connectivity index is 1.55. The number of nitrogens with zero attached hydrogens (tertiary/aromatic N) is 4. The molecule has 2 heterocycles. The maximum absolute atomic E-state index is 12.9. The molecule has 1 aliphatic heterocycles. The molecule has 0 spiro atoms. The zero-order valence-corrected chi connectivity index (χ0v) is 16.0. The SMILES string of the molecule is CCC(=O)N1CCCN(Cc2nnc(C(=O)Nc3ccc(F)cc3)s2)CC1. The number of halogens is 1. The molecule has 0 aliphatic carbocycles. The van der Waals surface area contributed by atoms with Crippen molar-refractivity contribution in [1.82, 2.24) is 20.0 Å². The van der Waals surface area contributed by atoms with Crippen LogP contribution in [-0.4, -0.2) is 58.0 Å². The van der Waals surface area contributed by atoms with E-state index in [0.29, 0.717) is 25.2 Å². The zero-order chi connectivity index (χ0) is 19.2. The minimum absolute atomic E-state index is 0.188. The standard InChI is InChI=1S/C18H22FN5O2S/c1-2-16(25)24-9-3-8-23(10-11-24)12-15-21-22-18(27-15)17(26)20-14-6-4-13(19)5-7-14/h4-7H,2-3,8-12H2,1H3,(H,20,26). The Labute approximate surface area is 161 Å². The summed E-state index contributed by atoms with van der Waals surface area (Å²) in [6.07, 6.45) is 1.45. The Morgan fingerprint density at radius 2 is 1.93 bits per heavy atom. The zero-order valence-electron chi connectivity index (χ0n) is 15.2. The molecular weight excluding hydrogens is 369 g/mol. The van der Waals surface area contributed by atoms with Crippen LogP contribution in [0.5, 0.6) is 0 Å². The number of hydrogen-bond donors (Lipinski definition) is 1. The molecule has 1 saturated heterocycles. The summed E-state index contributed by atoms with van der Waals surface area (Å²) in [5.41, 5.74) is 0.506. The first-order valence-electron chi connectivity index (χ1n) is 8.94. The highest BCUT2D eigenvalue weighted by Gasteiger charge is 2.20. The number of nitrogens with one attached hydrogen (secondary N) is 1. The lowest BCUT2D eigenvalue weighted by Crippen LogP contribution is -2.34. The number of carbonyl (C=O) groups is 2. The van der Waals surface area contributed by atoms with Crippen molar-refractivity contribution < 1.29 is 14.0 Å². The van der Waals surface area contributed by atoms with Crippen LogP contribution in [0.2, 0.25) is 0 Å². The Morgan fingerprint density at radius 3 is 2.67 bits per heavy atom. The van der Waals surface area contributed by atoms with Crippen molar-refractivity contribution in [3.63, 3.8) is 0 Å². The summed E-state index contributed by atoms with van der Waals surface area (Å²) in [5, 5.41) is 11.8. The normalized spacial score (nSPS) is 15.4. The lowest BCUT2D eigenvalue weighted by Gasteiger charge is -2.20. The van der Waals surface area contributed by atoms with Crippen LogP contribution >= 0.6 is 11.3 Å². The van der Waals surface area contributed by atoms with Gasteiger partial charge in [-0.2, -0.15) is 0 Å². The van der Waals surface area contributed by atoms with E-state index in [1.165, 1.54) is 35.6 Å². The van der Waals surface area contributed by atoms with E-state index >= 15 is 0 Å². The molecule has 2 amide bonds. The third-order valence-electron chi connectivity index (χ3n) is 4.37. The van der Waals surface area contributed by atoms with Crippen LogP contribution in [0, 0.1) is 5.82 Å². The molecule has 7 nitrogen and oxygen atoms in total. The maximum Gasteiger partial charge on any atom is 0.286 e. The van der Waals surface area contributed by atoms with Crippen molar-refractivity contribution in [2.45, 2.75) is 26.3 Å². The Morgan fingerprint density at radius 1 is 1.15 bits per heavy atom. The third kappa shape index (κ3) is 5.30. The Hall–Kier alpha value is -2.39. The average molecular weight is 391 g/mol. The fraction of sp³-hybridized carbons (Fsp3) is 0.444. The molecule has 0 bridgehead atoms. The van der Waals surface area contributed by atoms with Gasteiger partial charge < -0.3 is 10.2 Å². The van der Waals surface area contributed by atoms with Gasteiger partial charge >= 0.3 is 0 Å². The summed E-state index contributed by atoms with van der Waals surface area (Å²) >= 11 is 1.24. The summed E-state index contributed by atoms with van der Waals surface area (Å²) in [5.74, 6) is -0.531. The molecule has 3 rings (SSSR count). The molecule has 0 saturated carbocycles. The topological polar surface area (TPSA) is 78.4 Å². The summed E-state index contributed by atoms with van der Waals surface area (Å²) < 4.78 is 12.9. The number of carbonyl (C=O) groups excluding carboxylic acids is 2. The second-order valence-electron chi connectivity index (χ2n) is 6.33. The van der Waals surface area contributed by atoms with Crippen LogP contribution in [-0.2, 0) is 11.3 Å². The van der Waals surface area contributed by atoms with Gasteiger partial charge in [0.15, 0.2) is 0 Å². The molecule has 0 radical (unpaired) electrons. The first kappa shape index (κ1) is 19.4. The molecule has 9 heteroatoms. The predicted molar refractivity (Wildman–Crippen MR) is 101 cm³/mol. The van der Waals surface area contributed by atoms with Gasteiger partial charge in [-0.05, 0) is 30.7 Å². The lowest BCUT2D eigenvalue weighted by atomic mass is 10.3. The number of aromatic nitrogens is 2. The van der Waals surface area contributed by atoms with Crippen LogP contribution in [0.4, 0.5) is 10.1 Å². The van der Waals surface area contributed by atoms with Gasteiger partial charge in [0.2, 0.25) is 10.9 Å². The van der Waals surface area contributed by atoms with Crippen LogP contribution in [0.15, 0.2) is 24.3 Å². The fourth-order valence-electron chi connectivity index (χ4n) is 2.92. The summed E-state index contributed by atoms with van der Waals surface area (Å²) in [6, 6.07) is 5.56. The summed E-state index contributed by atoms with van der Waals surface area (Å²) in [6.45, 7) is 5.64. The van der Waals surface area contributed by atoms with E-state index in [2.05, 4.69) is 20.4 Å². The molecule has 2 aromatic rings. The first-order chi connectivity index (χ1) is 13.0. The molecule has 0 atom stereocenters. The van der Waals surface area contributed by atoms with E-state index < -0.39 is 0 Å². The molecule has 1 aliphatic rings. The van der Waals surface area contributed by atoms with E-state index in [1.54, 1.807) is 0 Å². The van der Waals surface area contributed by atoms with Gasteiger partial charge in [-0.25, -0.2) is 4.39 Å². The number of hydrogen-bond acceptors (Lipinski definition) is 6. The van der Waals surface area contributed by atoms with Crippen LogP contribution in [0.1, 0.15) is 34.6 Å². The van der Waals surface area contributed by atoms with Gasteiger partial charge in [-0.3, -0.25) is 14.5 Å². The summed E-state index contributed by atoms with van der Waals surface area (Å²) in [7, 11) is 0. The Bertz CT molecular complexity index is 795. The molecule has 27 heavy (non-hydrogen) atoms. The van der Waals surface area contributed by atoms with Crippen LogP contribution < -0.4 is 5.32 Å². The van der Waals surface area contributed by atoms with Gasteiger partial charge in [0.25, 0.3) is 5.91 Å². The van der Waals surface area contributed by atoms with Crippen molar-refractivity contribution in [3.05, 3.63) is 40.1 Å². The molecule has 0 unspecified atom stereocenters. The average Bonchev–Trinajstić information content (AvgIpc) is 3.01. The van der Waals surface area contributed by atoms with Crippen LogP contribution in [0.3, 0.4) is 0 Å². The molecule has 1 fully saturated rings. The molecule has 144 valence electrons. The van der Waals surface area contributed by atoms with E-state index in [-0.39, 0.29) is 22.6 Å². The van der Waals surface area contributed by atoms with E-state index in [0.717, 1.165) is 31.1 Å². The van der Waals surface area contributed by atoms with Gasteiger partial charge in [0, 0.05) is 38.3 Å². The monoisotopic (exact) mass is 391 g/mol. The van der Waals surface area contributed by atoms with Crippen LogP contribution in [0.25, 0.3) is 0 Å². The van der Waals surface area contributed by atoms with Crippen molar-refractivity contribution in [3.8, 4) is 0 Å². The number of benzene rings is 1. The molecule has 1 aromatic heterocycles. The van der Waals surface area contributed by atoms with Gasteiger partial charge in [-0.1, -0.05) is 18.3 Å². The maximum atomic E-state index is 12.9. The summed E-state index contributed by atoms with van der Waals surface area (Å²) in [4.78, 5) is 28.2. The molecule has 1 aromatic carbocycles. The van der Waals surface area contributed by atoms with Gasteiger partial charge in [0.1, 0.15) is 10.8 Å². The fourth-order valence-corrected chi connectivity index (χ4v) is 3.70. The van der Waals surface area contributed by atoms with Crippen molar-refractivity contribution in [1.29, 1.82) is 0 Å². The quantitative estimate of drug-likeness (QED) is 0.847. The van der Waals surface area contributed by atoms with Crippen molar-refractivity contribution in [2.75, 3.05) is 31.5 Å². The smallest absolute Gasteiger partial charge is 0.286 e. The first-order valence-corrected chi connectivity index (χ1v) is 9.76. The minimum atomic E-state index is -0.360. The highest BCUT2D eigenvalue weighted by atomic mass is 32.1. The third-order valence-corrected chi connectivity index (χ3v) is 5.27. The van der Waals surface area contributed by atoms with E-state index in [4.69, 9.17) is 0 Å². The second-order valence-corrected chi connectivity index (χ2v) is 7.39.